The first-order valence-corrected chi connectivity index (χ1v) is 6.64. The van der Waals surface area contributed by atoms with E-state index in [9.17, 15) is 0 Å². The number of hydrazine groups is 1. The van der Waals surface area contributed by atoms with Gasteiger partial charge in [-0.2, -0.15) is 0 Å². The Morgan fingerprint density at radius 2 is 2.35 bits per heavy atom. The van der Waals surface area contributed by atoms with Crippen LogP contribution in [-0.4, -0.2) is 4.98 Å². The van der Waals surface area contributed by atoms with Crippen LogP contribution < -0.4 is 11.3 Å². The molecule has 0 amide bonds. The van der Waals surface area contributed by atoms with E-state index < -0.39 is 0 Å². The molecule has 3 N–H and O–H groups in total. The quantitative estimate of drug-likeness (QED) is 0.630. The van der Waals surface area contributed by atoms with Gasteiger partial charge in [0.05, 0.1) is 6.04 Å². The Balaban J connectivity index is 2.17. The molecule has 0 aliphatic rings. The Kier molecular flexibility index (Phi) is 4.25. The number of rotatable bonds is 5. The molecule has 90 valence electrons. The molecule has 0 spiro atoms. The van der Waals surface area contributed by atoms with Gasteiger partial charge in [-0.05, 0) is 41.5 Å². The zero-order valence-corrected chi connectivity index (χ0v) is 10.7. The van der Waals surface area contributed by atoms with Crippen LogP contribution >= 0.6 is 11.3 Å². The van der Waals surface area contributed by atoms with E-state index in [0.717, 1.165) is 12.8 Å². The van der Waals surface area contributed by atoms with Gasteiger partial charge in [0.25, 0.3) is 0 Å². The highest BCUT2D eigenvalue weighted by Gasteiger charge is 2.15. The standard InChI is InChI=1S/C13H17N3S/c1-2-11-5-7-17-13(11)12(16-14)8-10-4-3-6-15-9-10/h3-7,9,12,16H,2,8,14H2,1H3. The topological polar surface area (TPSA) is 50.9 Å². The fourth-order valence-corrected chi connectivity index (χ4v) is 2.99. The second-order valence-electron chi connectivity index (χ2n) is 3.95. The predicted molar refractivity (Wildman–Crippen MR) is 71.7 cm³/mol. The zero-order valence-electron chi connectivity index (χ0n) is 9.89. The van der Waals surface area contributed by atoms with Gasteiger partial charge in [0.15, 0.2) is 0 Å². The summed E-state index contributed by atoms with van der Waals surface area (Å²) < 4.78 is 0. The van der Waals surface area contributed by atoms with E-state index in [1.807, 2.05) is 12.3 Å². The SMILES string of the molecule is CCc1ccsc1C(Cc1cccnc1)NN. The molecule has 0 aliphatic carbocycles. The van der Waals surface area contributed by atoms with Crippen LogP contribution in [0.2, 0.25) is 0 Å². The van der Waals surface area contributed by atoms with E-state index in [1.165, 1.54) is 16.0 Å². The van der Waals surface area contributed by atoms with Crippen molar-refractivity contribution in [1.82, 2.24) is 10.4 Å². The molecule has 17 heavy (non-hydrogen) atoms. The lowest BCUT2D eigenvalue weighted by atomic mass is 10.0. The molecule has 0 radical (unpaired) electrons. The Hall–Kier alpha value is -1.23. The number of thiophene rings is 1. The van der Waals surface area contributed by atoms with Crippen LogP contribution in [0.25, 0.3) is 0 Å². The van der Waals surface area contributed by atoms with Gasteiger partial charge < -0.3 is 0 Å². The van der Waals surface area contributed by atoms with Crippen LogP contribution in [0.5, 0.6) is 0 Å². The third kappa shape index (κ3) is 2.91. The normalized spacial score (nSPS) is 12.6. The average molecular weight is 247 g/mol. The monoisotopic (exact) mass is 247 g/mol. The molecular formula is C13H17N3S. The number of nitrogens with zero attached hydrogens (tertiary/aromatic N) is 1. The molecule has 0 aliphatic heterocycles. The minimum atomic E-state index is 0.175. The fourth-order valence-electron chi connectivity index (χ4n) is 1.93. The molecule has 2 aromatic rings. The lowest BCUT2D eigenvalue weighted by Crippen LogP contribution is -2.29. The maximum atomic E-state index is 5.67. The van der Waals surface area contributed by atoms with Crippen molar-refractivity contribution in [3.8, 4) is 0 Å². The summed E-state index contributed by atoms with van der Waals surface area (Å²) in [6, 6.07) is 6.39. The van der Waals surface area contributed by atoms with Crippen molar-refractivity contribution in [2.24, 2.45) is 5.84 Å². The van der Waals surface area contributed by atoms with Crippen molar-refractivity contribution in [3.05, 3.63) is 52.0 Å². The van der Waals surface area contributed by atoms with Crippen molar-refractivity contribution in [3.63, 3.8) is 0 Å². The number of hydrogen-bond donors (Lipinski definition) is 2. The Bertz CT molecular complexity index is 453. The summed E-state index contributed by atoms with van der Waals surface area (Å²) in [7, 11) is 0. The van der Waals surface area contributed by atoms with Crippen LogP contribution in [0, 0.1) is 0 Å². The van der Waals surface area contributed by atoms with Crippen LogP contribution in [0.3, 0.4) is 0 Å². The molecule has 0 aromatic carbocycles. The molecule has 0 saturated carbocycles. The summed E-state index contributed by atoms with van der Waals surface area (Å²) in [6.07, 6.45) is 5.60. The number of aryl methyl sites for hydroxylation is 1. The van der Waals surface area contributed by atoms with Gasteiger partial charge in [0, 0.05) is 17.3 Å². The van der Waals surface area contributed by atoms with Gasteiger partial charge in [0.1, 0.15) is 0 Å². The van der Waals surface area contributed by atoms with Gasteiger partial charge in [0.2, 0.25) is 0 Å². The highest BCUT2D eigenvalue weighted by atomic mass is 32.1. The number of hydrogen-bond acceptors (Lipinski definition) is 4. The number of nitrogens with one attached hydrogen (secondary N) is 1. The van der Waals surface area contributed by atoms with E-state index in [4.69, 9.17) is 5.84 Å². The lowest BCUT2D eigenvalue weighted by Gasteiger charge is -2.16. The van der Waals surface area contributed by atoms with Gasteiger partial charge in [-0.3, -0.25) is 16.3 Å². The van der Waals surface area contributed by atoms with Gasteiger partial charge in [-0.25, -0.2) is 0 Å². The first kappa shape index (κ1) is 12.2. The minimum Gasteiger partial charge on any atom is -0.271 e. The van der Waals surface area contributed by atoms with E-state index in [1.54, 1.807) is 17.5 Å². The first-order chi connectivity index (χ1) is 8.35. The van der Waals surface area contributed by atoms with Gasteiger partial charge in [-0.15, -0.1) is 11.3 Å². The van der Waals surface area contributed by atoms with Crippen molar-refractivity contribution < 1.29 is 0 Å². The summed E-state index contributed by atoms with van der Waals surface area (Å²) in [5.41, 5.74) is 5.49. The maximum Gasteiger partial charge on any atom is 0.0596 e. The van der Waals surface area contributed by atoms with Crippen LogP contribution in [0.4, 0.5) is 0 Å². The summed E-state index contributed by atoms with van der Waals surface area (Å²) in [6.45, 7) is 2.17. The first-order valence-electron chi connectivity index (χ1n) is 5.76. The average Bonchev–Trinajstić information content (AvgIpc) is 2.85. The molecule has 2 heterocycles. The van der Waals surface area contributed by atoms with Crippen molar-refractivity contribution in [2.45, 2.75) is 25.8 Å². The van der Waals surface area contributed by atoms with Crippen LogP contribution in [0.1, 0.15) is 29.0 Å². The van der Waals surface area contributed by atoms with E-state index >= 15 is 0 Å². The molecule has 2 rings (SSSR count). The molecule has 4 heteroatoms. The maximum absolute atomic E-state index is 5.67. The third-order valence-corrected chi connectivity index (χ3v) is 3.91. The summed E-state index contributed by atoms with van der Waals surface area (Å²) >= 11 is 1.76. The fraction of sp³-hybridized carbons (Fsp3) is 0.308. The van der Waals surface area contributed by atoms with Crippen LogP contribution in [-0.2, 0) is 12.8 Å². The van der Waals surface area contributed by atoms with Crippen molar-refractivity contribution in [1.29, 1.82) is 0 Å². The summed E-state index contributed by atoms with van der Waals surface area (Å²) in [4.78, 5) is 5.46. The second kappa shape index (κ2) is 5.91. The summed E-state index contributed by atoms with van der Waals surface area (Å²) in [5.74, 6) is 5.67. The van der Waals surface area contributed by atoms with Gasteiger partial charge in [-0.1, -0.05) is 13.0 Å². The highest BCUT2D eigenvalue weighted by Crippen LogP contribution is 2.27. The molecule has 2 aromatic heterocycles. The van der Waals surface area contributed by atoms with Gasteiger partial charge >= 0.3 is 0 Å². The molecule has 1 unspecified atom stereocenters. The Morgan fingerprint density at radius 3 is 3.00 bits per heavy atom. The predicted octanol–water partition coefficient (Wildman–Crippen LogP) is 2.45. The number of aromatic nitrogens is 1. The van der Waals surface area contributed by atoms with E-state index in [-0.39, 0.29) is 6.04 Å². The summed E-state index contributed by atoms with van der Waals surface area (Å²) in [5, 5.41) is 2.13. The largest absolute Gasteiger partial charge is 0.271 e. The van der Waals surface area contributed by atoms with E-state index in [0.29, 0.717) is 0 Å². The van der Waals surface area contributed by atoms with Crippen LogP contribution in [0.15, 0.2) is 36.0 Å². The molecule has 0 bridgehead atoms. The third-order valence-electron chi connectivity index (χ3n) is 2.84. The number of nitrogens with two attached hydrogens (primary N) is 1. The second-order valence-corrected chi connectivity index (χ2v) is 4.90. The smallest absolute Gasteiger partial charge is 0.0596 e. The van der Waals surface area contributed by atoms with E-state index in [2.05, 4.69) is 34.8 Å². The molecule has 3 nitrogen and oxygen atoms in total. The Morgan fingerprint density at radius 1 is 1.47 bits per heavy atom. The molecule has 1 atom stereocenters. The zero-order chi connectivity index (χ0) is 12.1. The molecule has 0 saturated heterocycles. The number of pyridine rings is 1. The minimum absolute atomic E-state index is 0.175. The lowest BCUT2D eigenvalue weighted by molar-refractivity contribution is 0.556. The molecule has 0 fully saturated rings. The highest BCUT2D eigenvalue weighted by molar-refractivity contribution is 7.10. The Labute approximate surface area is 106 Å². The molecular weight excluding hydrogens is 230 g/mol. The van der Waals surface area contributed by atoms with Crippen molar-refractivity contribution >= 4 is 11.3 Å². The van der Waals surface area contributed by atoms with Crippen molar-refractivity contribution in [2.75, 3.05) is 0 Å².